The van der Waals surface area contributed by atoms with Gasteiger partial charge in [-0.25, -0.2) is 22.5 Å². The molecule has 8 aromatic rings. The standard InChI is InChI=1S/2C22H16F2N4O3/c1-30-15-10-16(31-2)19(24)17(18(15)23)13-5-6-14(21-20(13)26-8-9-27-21)22(29)28-12-4-3-7-25-11-12;1-30-14-11-15(31-2)19(24)17(18(14)23)12-6-7-13(21-20(12)26-9-10-27-21)22(29)28-16-5-3-4-8-25-16/h3-11H,1-2H3,(H,28,29);3-11H,1-2H3,(H,25,28,29). The zero-order valence-corrected chi connectivity index (χ0v) is 33.0. The Morgan fingerprint density at radius 1 is 0.484 bits per heavy atom. The molecule has 8 rings (SSSR count). The highest BCUT2D eigenvalue weighted by atomic mass is 19.1. The number of nitrogens with one attached hydrogen (secondary N) is 2. The molecule has 14 nitrogen and oxygen atoms in total. The van der Waals surface area contributed by atoms with E-state index in [9.17, 15) is 9.59 Å². The van der Waals surface area contributed by atoms with Crippen LogP contribution < -0.4 is 29.6 Å². The SMILES string of the molecule is COc1cc(OC)c(F)c(-c2ccc(C(=O)Nc3ccccn3)c3nccnc23)c1F.COc1cc(OC)c(F)c(-c2ccc(C(=O)Nc3cccnc3)c3nccnc23)c1F. The zero-order chi connectivity index (χ0) is 43.9. The fourth-order valence-corrected chi connectivity index (χ4v) is 6.38. The van der Waals surface area contributed by atoms with Crippen molar-refractivity contribution in [2.24, 2.45) is 0 Å². The van der Waals surface area contributed by atoms with Gasteiger partial charge in [-0.2, -0.15) is 0 Å². The number of fused-ring (bicyclic) bond motifs is 2. The minimum atomic E-state index is -0.918. The van der Waals surface area contributed by atoms with E-state index in [0.29, 0.717) is 11.5 Å². The summed E-state index contributed by atoms with van der Waals surface area (Å²) in [5, 5.41) is 5.37. The maximum atomic E-state index is 15.1. The number of hydrogen-bond acceptors (Lipinski definition) is 12. The Kier molecular flexibility index (Phi) is 12.4. The van der Waals surface area contributed by atoms with Gasteiger partial charge in [-0.3, -0.25) is 34.5 Å². The van der Waals surface area contributed by atoms with E-state index in [0.717, 1.165) is 12.1 Å². The van der Waals surface area contributed by atoms with Crippen molar-refractivity contribution >= 4 is 45.4 Å². The molecule has 0 bridgehead atoms. The smallest absolute Gasteiger partial charge is 0.259 e. The first-order chi connectivity index (χ1) is 30.1. The molecule has 0 saturated carbocycles. The van der Waals surface area contributed by atoms with Crippen LogP contribution in [0.4, 0.5) is 29.1 Å². The third-order valence-electron chi connectivity index (χ3n) is 9.25. The Morgan fingerprint density at radius 3 is 1.34 bits per heavy atom. The predicted octanol–water partition coefficient (Wildman–Crippen LogP) is 8.48. The lowest BCUT2D eigenvalue weighted by Gasteiger charge is -2.15. The van der Waals surface area contributed by atoms with E-state index in [2.05, 4.69) is 40.5 Å². The number of amides is 2. The van der Waals surface area contributed by atoms with E-state index < -0.39 is 40.6 Å². The fourth-order valence-electron chi connectivity index (χ4n) is 6.38. The van der Waals surface area contributed by atoms with Gasteiger partial charge in [0.05, 0.1) is 73.6 Å². The number of aromatic nitrogens is 6. The summed E-state index contributed by atoms with van der Waals surface area (Å²) < 4.78 is 80.3. The van der Waals surface area contributed by atoms with Gasteiger partial charge in [0.15, 0.2) is 46.3 Å². The first kappa shape index (κ1) is 41.9. The summed E-state index contributed by atoms with van der Waals surface area (Å²) in [5.74, 6) is -5.04. The number of carbonyl (C=O) groups is 2. The van der Waals surface area contributed by atoms with Gasteiger partial charge >= 0.3 is 0 Å². The molecule has 0 fully saturated rings. The van der Waals surface area contributed by atoms with Crippen LogP contribution in [0.5, 0.6) is 23.0 Å². The zero-order valence-electron chi connectivity index (χ0n) is 33.0. The van der Waals surface area contributed by atoms with E-state index in [1.807, 2.05) is 0 Å². The second-order valence-electron chi connectivity index (χ2n) is 12.8. The molecule has 2 N–H and O–H groups in total. The Balaban J connectivity index is 0.000000186. The second-order valence-corrected chi connectivity index (χ2v) is 12.8. The Labute approximate surface area is 349 Å². The molecule has 62 heavy (non-hydrogen) atoms. The predicted molar refractivity (Wildman–Crippen MR) is 220 cm³/mol. The van der Waals surface area contributed by atoms with Crippen LogP contribution in [0.25, 0.3) is 44.3 Å². The average Bonchev–Trinajstić information content (AvgIpc) is 3.30. The van der Waals surface area contributed by atoms with Crippen LogP contribution in [0, 0.1) is 23.3 Å². The van der Waals surface area contributed by atoms with Crippen molar-refractivity contribution in [3.05, 3.63) is 145 Å². The van der Waals surface area contributed by atoms with Crippen LogP contribution in [-0.4, -0.2) is 70.2 Å². The lowest BCUT2D eigenvalue weighted by molar-refractivity contribution is 0.102. The molecule has 18 heteroatoms. The van der Waals surface area contributed by atoms with Crippen molar-refractivity contribution in [1.29, 1.82) is 0 Å². The van der Waals surface area contributed by atoms with Crippen LogP contribution in [-0.2, 0) is 0 Å². The van der Waals surface area contributed by atoms with Gasteiger partial charge in [0, 0.05) is 60.4 Å². The highest BCUT2D eigenvalue weighted by Gasteiger charge is 2.27. The molecule has 0 aliphatic heterocycles. The summed E-state index contributed by atoms with van der Waals surface area (Å²) in [6.07, 6.45) is 10.2. The molecule has 312 valence electrons. The number of carbonyl (C=O) groups excluding carboxylic acids is 2. The molecule has 4 heterocycles. The number of halogens is 4. The summed E-state index contributed by atoms with van der Waals surface area (Å²) in [6, 6.07) is 16.4. The maximum Gasteiger partial charge on any atom is 0.259 e. The quantitative estimate of drug-likeness (QED) is 0.126. The van der Waals surface area contributed by atoms with Crippen LogP contribution in [0.1, 0.15) is 20.7 Å². The van der Waals surface area contributed by atoms with Crippen LogP contribution in [0.3, 0.4) is 0 Å². The minimum absolute atomic E-state index is 0.102. The van der Waals surface area contributed by atoms with Crippen molar-refractivity contribution in [3.63, 3.8) is 0 Å². The van der Waals surface area contributed by atoms with Crippen molar-refractivity contribution in [1.82, 2.24) is 29.9 Å². The third-order valence-corrected chi connectivity index (χ3v) is 9.25. The Bertz CT molecular complexity index is 2710. The highest BCUT2D eigenvalue weighted by Crippen LogP contribution is 2.42. The maximum absolute atomic E-state index is 15.1. The van der Waals surface area contributed by atoms with Crippen molar-refractivity contribution in [2.75, 3.05) is 39.1 Å². The molecule has 0 unspecified atom stereocenters. The second kappa shape index (κ2) is 18.3. The van der Waals surface area contributed by atoms with Gasteiger partial charge in [0.2, 0.25) is 0 Å². The largest absolute Gasteiger partial charge is 0.494 e. The van der Waals surface area contributed by atoms with E-state index in [1.54, 1.807) is 42.7 Å². The van der Waals surface area contributed by atoms with Crippen molar-refractivity contribution < 1.29 is 46.1 Å². The number of pyridine rings is 2. The molecule has 0 aliphatic carbocycles. The molecular weight excluding hydrogens is 813 g/mol. The molecule has 0 spiro atoms. The van der Waals surface area contributed by atoms with Gasteiger partial charge in [-0.15, -0.1) is 0 Å². The van der Waals surface area contributed by atoms with Gasteiger partial charge in [-0.1, -0.05) is 18.2 Å². The van der Waals surface area contributed by atoms with Crippen molar-refractivity contribution in [2.45, 2.75) is 0 Å². The van der Waals surface area contributed by atoms with Crippen LogP contribution in [0.2, 0.25) is 0 Å². The Morgan fingerprint density at radius 2 is 0.935 bits per heavy atom. The van der Waals surface area contributed by atoms with Gasteiger partial charge in [-0.05, 0) is 36.4 Å². The summed E-state index contributed by atoms with van der Waals surface area (Å²) in [5.41, 5.74) is 0.926. The number of nitrogens with zero attached hydrogens (tertiary/aromatic N) is 6. The molecule has 2 amide bonds. The summed E-state index contributed by atoms with van der Waals surface area (Å²) in [7, 11) is 5.07. The lowest BCUT2D eigenvalue weighted by atomic mass is 9.98. The first-order valence-corrected chi connectivity index (χ1v) is 18.2. The highest BCUT2D eigenvalue weighted by molar-refractivity contribution is 6.14. The fraction of sp³-hybridized carbons (Fsp3) is 0.0909. The van der Waals surface area contributed by atoms with E-state index in [4.69, 9.17) is 18.9 Å². The van der Waals surface area contributed by atoms with Crippen LogP contribution in [0.15, 0.2) is 110 Å². The normalized spacial score (nSPS) is 10.7. The molecule has 0 saturated heterocycles. The molecule has 4 aromatic carbocycles. The summed E-state index contributed by atoms with van der Waals surface area (Å²) in [6.45, 7) is 0. The number of hydrogen-bond donors (Lipinski definition) is 2. The number of ether oxygens (including phenoxy) is 4. The van der Waals surface area contributed by atoms with Gasteiger partial charge < -0.3 is 29.6 Å². The number of benzene rings is 4. The lowest BCUT2D eigenvalue weighted by Crippen LogP contribution is -2.14. The molecule has 0 radical (unpaired) electrons. The molecule has 0 aliphatic rings. The summed E-state index contributed by atoms with van der Waals surface area (Å²) >= 11 is 0. The molecular formula is C44H32F4N8O6. The first-order valence-electron chi connectivity index (χ1n) is 18.2. The van der Waals surface area contributed by atoms with Gasteiger partial charge in [0.25, 0.3) is 11.8 Å². The van der Waals surface area contributed by atoms with E-state index in [1.165, 1.54) is 83.7 Å². The van der Waals surface area contributed by atoms with E-state index in [-0.39, 0.29) is 72.9 Å². The third kappa shape index (κ3) is 8.16. The summed E-state index contributed by atoms with van der Waals surface area (Å²) in [4.78, 5) is 50.5. The van der Waals surface area contributed by atoms with Crippen LogP contribution >= 0.6 is 0 Å². The molecule has 0 atom stereocenters. The average molecular weight is 845 g/mol. The van der Waals surface area contributed by atoms with Crippen molar-refractivity contribution in [3.8, 4) is 45.3 Å². The number of anilines is 2. The molecule has 4 aromatic heterocycles. The number of methoxy groups -OCH3 is 4. The number of rotatable bonds is 10. The van der Waals surface area contributed by atoms with E-state index >= 15 is 17.6 Å². The minimum Gasteiger partial charge on any atom is -0.494 e. The monoisotopic (exact) mass is 844 g/mol. The van der Waals surface area contributed by atoms with Gasteiger partial charge in [0.1, 0.15) is 16.9 Å². The topological polar surface area (TPSA) is 172 Å². The Hall–Kier alpha value is -8.28.